The van der Waals surface area contributed by atoms with Crippen LogP contribution in [0.25, 0.3) is 0 Å². The number of nitrogens with zero attached hydrogens (tertiary/aromatic N) is 1. The van der Waals surface area contributed by atoms with Crippen LogP contribution in [0.5, 0.6) is 0 Å². The van der Waals surface area contributed by atoms with Crippen LogP contribution in [0.2, 0.25) is 0 Å². The standard InChI is InChI=1S/C14H20N2O2S/c1-16(14(17)12-7-8-15-9-12)10-11-3-5-13(6-4-11)19(2)18/h3-6,12,15H,7-10H2,1-2H3. The highest BCUT2D eigenvalue weighted by atomic mass is 32.2. The minimum atomic E-state index is -0.949. The predicted molar refractivity (Wildman–Crippen MR) is 76.2 cm³/mol. The maximum absolute atomic E-state index is 12.2. The summed E-state index contributed by atoms with van der Waals surface area (Å²) in [6.07, 6.45) is 2.59. The maximum Gasteiger partial charge on any atom is 0.227 e. The van der Waals surface area contributed by atoms with E-state index >= 15 is 0 Å². The molecule has 0 spiro atoms. The molecule has 1 aromatic carbocycles. The molecule has 1 heterocycles. The second-order valence-electron chi connectivity index (χ2n) is 4.98. The zero-order valence-corrected chi connectivity index (χ0v) is 12.2. The van der Waals surface area contributed by atoms with E-state index in [9.17, 15) is 9.00 Å². The molecule has 1 aliphatic heterocycles. The lowest BCUT2D eigenvalue weighted by Crippen LogP contribution is -2.33. The zero-order chi connectivity index (χ0) is 13.8. The van der Waals surface area contributed by atoms with Crippen molar-refractivity contribution in [3.05, 3.63) is 29.8 Å². The van der Waals surface area contributed by atoms with E-state index in [0.29, 0.717) is 6.54 Å². The number of amides is 1. The topological polar surface area (TPSA) is 49.4 Å². The zero-order valence-electron chi connectivity index (χ0n) is 11.4. The van der Waals surface area contributed by atoms with Crippen LogP contribution in [-0.2, 0) is 22.1 Å². The second kappa shape index (κ2) is 6.30. The van der Waals surface area contributed by atoms with Crippen LogP contribution in [0.3, 0.4) is 0 Å². The van der Waals surface area contributed by atoms with E-state index < -0.39 is 10.8 Å². The van der Waals surface area contributed by atoms with Crippen LogP contribution in [0.1, 0.15) is 12.0 Å². The average molecular weight is 280 g/mol. The molecule has 2 rings (SSSR count). The van der Waals surface area contributed by atoms with Gasteiger partial charge in [-0.3, -0.25) is 9.00 Å². The third-order valence-electron chi connectivity index (χ3n) is 3.46. The summed E-state index contributed by atoms with van der Waals surface area (Å²) in [6.45, 7) is 2.32. The first-order valence-corrected chi connectivity index (χ1v) is 8.02. The van der Waals surface area contributed by atoms with Gasteiger partial charge in [0.15, 0.2) is 0 Å². The number of benzene rings is 1. The smallest absolute Gasteiger partial charge is 0.227 e. The van der Waals surface area contributed by atoms with Crippen molar-refractivity contribution in [1.29, 1.82) is 0 Å². The molecular weight excluding hydrogens is 260 g/mol. The minimum Gasteiger partial charge on any atom is -0.341 e. The summed E-state index contributed by atoms with van der Waals surface area (Å²) in [5, 5.41) is 3.21. The summed E-state index contributed by atoms with van der Waals surface area (Å²) in [7, 11) is 0.890. The van der Waals surface area contributed by atoms with Crippen molar-refractivity contribution in [3.8, 4) is 0 Å². The largest absolute Gasteiger partial charge is 0.341 e. The molecule has 2 unspecified atom stereocenters. The molecule has 5 heteroatoms. The Morgan fingerprint density at radius 2 is 2.11 bits per heavy atom. The normalized spacial score (nSPS) is 20.2. The third kappa shape index (κ3) is 3.64. The van der Waals surface area contributed by atoms with Crippen LogP contribution in [-0.4, -0.2) is 41.4 Å². The van der Waals surface area contributed by atoms with E-state index in [1.165, 1.54) is 0 Å². The summed E-state index contributed by atoms with van der Waals surface area (Å²) in [4.78, 5) is 14.8. The molecule has 1 saturated heterocycles. The van der Waals surface area contributed by atoms with E-state index in [1.807, 2.05) is 31.3 Å². The monoisotopic (exact) mass is 280 g/mol. The Morgan fingerprint density at radius 3 is 2.63 bits per heavy atom. The summed E-state index contributed by atoms with van der Waals surface area (Å²) in [5.74, 6) is 0.320. The van der Waals surface area contributed by atoms with Gasteiger partial charge >= 0.3 is 0 Å². The predicted octanol–water partition coefficient (Wildman–Crippen LogP) is 0.992. The van der Waals surface area contributed by atoms with Gasteiger partial charge in [0.2, 0.25) is 5.91 Å². The first kappa shape index (κ1) is 14.2. The van der Waals surface area contributed by atoms with Gasteiger partial charge in [0.05, 0.1) is 5.92 Å². The van der Waals surface area contributed by atoms with Crippen molar-refractivity contribution in [2.24, 2.45) is 5.92 Å². The van der Waals surface area contributed by atoms with Crippen LogP contribution < -0.4 is 5.32 Å². The molecule has 1 amide bonds. The molecule has 0 aromatic heterocycles. The van der Waals surface area contributed by atoms with Gasteiger partial charge in [0.25, 0.3) is 0 Å². The minimum absolute atomic E-state index is 0.118. The first-order valence-electron chi connectivity index (χ1n) is 6.46. The van der Waals surface area contributed by atoms with Gasteiger partial charge in [-0.2, -0.15) is 0 Å². The van der Waals surface area contributed by atoms with Gasteiger partial charge in [0, 0.05) is 42.1 Å². The summed E-state index contributed by atoms with van der Waals surface area (Å²) >= 11 is 0. The Bertz CT molecular complexity index is 467. The van der Waals surface area contributed by atoms with Gasteiger partial charge in [-0.25, -0.2) is 0 Å². The SMILES string of the molecule is CN(Cc1ccc(S(C)=O)cc1)C(=O)C1CCNC1. The average Bonchev–Trinajstić information content (AvgIpc) is 2.92. The molecule has 0 saturated carbocycles. The van der Waals surface area contributed by atoms with Crippen molar-refractivity contribution in [2.75, 3.05) is 26.4 Å². The fourth-order valence-corrected chi connectivity index (χ4v) is 2.83. The van der Waals surface area contributed by atoms with Crippen molar-refractivity contribution in [1.82, 2.24) is 10.2 Å². The molecule has 1 N–H and O–H groups in total. The van der Waals surface area contributed by atoms with Crippen molar-refractivity contribution >= 4 is 16.7 Å². The highest BCUT2D eigenvalue weighted by Crippen LogP contribution is 2.14. The lowest BCUT2D eigenvalue weighted by molar-refractivity contribution is -0.134. The molecule has 19 heavy (non-hydrogen) atoms. The van der Waals surface area contributed by atoms with Crippen molar-refractivity contribution < 1.29 is 9.00 Å². The van der Waals surface area contributed by atoms with Crippen molar-refractivity contribution in [3.63, 3.8) is 0 Å². The second-order valence-corrected chi connectivity index (χ2v) is 6.36. The van der Waals surface area contributed by atoms with Gasteiger partial charge in [-0.05, 0) is 30.7 Å². The maximum atomic E-state index is 12.2. The van der Waals surface area contributed by atoms with Gasteiger partial charge in [-0.15, -0.1) is 0 Å². The van der Waals surface area contributed by atoms with E-state index in [0.717, 1.165) is 30.0 Å². The number of hydrogen-bond acceptors (Lipinski definition) is 3. The van der Waals surface area contributed by atoms with Crippen LogP contribution in [0.15, 0.2) is 29.2 Å². The van der Waals surface area contributed by atoms with Crippen molar-refractivity contribution in [2.45, 2.75) is 17.9 Å². The van der Waals surface area contributed by atoms with Gasteiger partial charge in [0.1, 0.15) is 0 Å². The Labute approximate surface area is 116 Å². The lowest BCUT2D eigenvalue weighted by atomic mass is 10.1. The number of nitrogens with one attached hydrogen (secondary N) is 1. The highest BCUT2D eigenvalue weighted by molar-refractivity contribution is 7.84. The summed E-state index contributed by atoms with van der Waals surface area (Å²) in [6, 6.07) is 7.60. The van der Waals surface area contributed by atoms with Crippen LogP contribution >= 0.6 is 0 Å². The van der Waals surface area contributed by atoms with Gasteiger partial charge in [-0.1, -0.05) is 12.1 Å². The molecule has 1 aliphatic rings. The van der Waals surface area contributed by atoms with E-state index in [1.54, 1.807) is 11.2 Å². The molecule has 4 nitrogen and oxygen atoms in total. The number of carbonyl (C=O) groups is 1. The van der Waals surface area contributed by atoms with Crippen LogP contribution in [0, 0.1) is 5.92 Å². The molecule has 1 aromatic rings. The summed E-state index contributed by atoms with van der Waals surface area (Å²) in [5.41, 5.74) is 1.07. The van der Waals surface area contributed by atoms with Crippen LogP contribution in [0.4, 0.5) is 0 Å². The first-order chi connectivity index (χ1) is 9.08. The highest BCUT2D eigenvalue weighted by Gasteiger charge is 2.25. The third-order valence-corrected chi connectivity index (χ3v) is 4.40. The summed E-state index contributed by atoms with van der Waals surface area (Å²) < 4.78 is 11.3. The molecule has 0 bridgehead atoms. The van der Waals surface area contributed by atoms with Gasteiger partial charge < -0.3 is 10.2 Å². The molecular formula is C14H20N2O2S. The Morgan fingerprint density at radius 1 is 1.42 bits per heavy atom. The fourth-order valence-electron chi connectivity index (χ4n) is 2.32. The van der Waals surface area contributed by atoms with E-state index in [-0.39, 0.29) is 11.8 Å². The number of carbonyl (C=O) groups excluding carboxylic acids is 1. The Kier molecular flexibility index (Phi) is 4.71. The number of rotatable bonds is 4. The quantitative estimate of drug-likeness (QED) is 0.895. The molecule has 2 atom stereocenters. The Balaban J connectivity index is 1.96. The van der Waals surface area contributed by atoms with E-state index in [4.69, 9.17) is 0 Å². The lowest BCUT2D eigenvalue weighted by Gasteiger charge is -2.20. The Hall–Kier alpha value is -1.20. The molecule has 1 fully saturated rings. The molecule has 0 radical (unpaired) electrons. The fraction of sp³-hybridized carbons (Fsp3) is 0.500. The molecule has 0 aliphatic carbocycles. The van der Waals surface area contributed by atoms with E-state index in [2.05, 4.69) is 5.32 Å². The number of hydrogen-bond donors (Lipinski definition) is 1. The molecule has 104 valence electrons.